The first kappa shape index (κ1) is 17.3. The number of fused-ring (bicyclic) bond motifs is 1. The summed E-state index contributed by atoms with van der Waals surface area (Å²) in [6.07, 6.45) is 10.5. The highest BCUT2D eigenvalue weighted by atomic mass is 16.5. The second kappa shape index (κ2) is 6.64. The smallest absolute Gasteiger partial charge is 0.276 e. The first-order valence-electron chi connectivity index (χ1n) is 10.7. The molecule has 6 heteroatoms. The van der Waals surface area contributed by atoms with Crippen LogP contribution in [0.5, 0.6) is 0 Å². The highest BCUT2D eigenvalue weighted by Crippen LogP contribution is 2.42. The minimum Gasteiger partial charge on any atom is -0.360 e. The molecule has 1 spiro atoms. The number of carbonyl (C=O) groups is 2. The first-order chi connectivity index (χ1) is 13.2. The Balaban J connectivity index is 1.30. The highest BCUT2D eigenvalue weighted by molar-refractivity contribution is 5.95. The molecule has 0 aromatic carbocycles. The maximum atomic E-state index is 13.3. The van der Waals surface area contributed by atoms with E-state index in [1.165, 1.54) is 19.3 Å². The second-order valence-electron chi connectivity index (χ2n) is 9.05. The summed E-state index contributed by atoms with van der Waals surface area (Å²) < 4.78 is 5.43. The molecule has 1 saturated carbocycles. The number of amides is 2. The van der Waals surface area contributed by atoms with Crippen LogP contribution in [-0.4, -0.2) is 52.9 Å². The van der Waals surface area contributed by atoms with E-state index in [1.54, 1.807) is 0 Å². The molecule has 3 heterocycles. The number of likely N-dealkylation sites (tertiary alicyclic amines) is 2. The van der Waals surface area contributed by atoms with E-state index in [2.05, 4.69) is 10.1 Å². The number of hydrogen-bond acceptors (Lipinski definition) is 4. The largest absolute Gasteiger partial charge is 0.360 e. The molecule has 1 atom stereocenters. The van der Waals surface area contributed by atoms with E-state index in [-0.39, 0.29) is 17.2 Å². The van der Waals surface area contributed by atoms with Gasteiger partial charge < -0.3 is 14.3 Å². The molecular weight excluding hydrogens is 342 g/mol. The average Bonchev–Trinajstić information content (AvgIpc) is 3.26. The van der Waals surface area contributed by atoms with Crippen LogP contribution in [0.4, 0.5) is 0 Å². The zero-order valence-corrected chi connectivity index (χ0v) is 16.0. The lowest BCUT2D eigenvalue weighted by Gasteiger charge is -2.42. The minimum absolute atomic E-state index is 0.0392. The monoisotopic (exact) mass is 371 g/mol. The summed E-state index contributed by atoms with van der Waals surface area (Å²) in [6, 6.07) is 0. The van der Waals surface area contributed by atoms with Gasteiger partial charge in [-0.25, -0.2) is 0 Å². The maximum absolute atomic E-state index is 13.3. The zero-order valence-electron chi connectivity index (χ0n) is 16.0. The summed E-state index contributed by atoms with van der Waals surface area (Å²) in [7, 11) is 0. The molecule has 5 rings (SSSR count). The fourth-order valence-corrected chi connectivity index (χ4v) is 5.44. The highest BCUT2D eigenvalue weighted by Gasteiger charge is 2.50. The Hall–Kier alpha value is -1.85. The first-order valence-corrected chi connectivity index (χ1v) is 10.7. The number of nitrogens with zero attached hydrogens (tertiary/aromatic N) is 3. The summed E-state index contributed by atoms with van der Waals surface area (Å²) in [5.41, 5.74) is 1.15. The summed E-state index contributed by atoms with van der Waals surface area (Å²) in [5, 5.41) is 4.11. The van der Waals surface area contributed by atoms with Crippen LogP contribution in [-0.2, 0) is 17.6 Å². The van der Waals surface area contributed by atoms with Gasteiger partial charge in [0.1, 0.15) is 5.76 Å². The molecule has 2 aliphatic carbocycles. The molecule has 2 amide bonds. The number of aryl methyl sites for hydroxylation is 1. The lowest BCUT2D eigenvalue weighted by Crippen LogP contribution is -2.52. The molecule has 146 valence electrons. The van der Waals surface area contributed by atoms with Gasteiger partial charge in [-0.2, -0.15) is 0 Å². The van der Waals surface area contributed by atoms with Crippen molar-refractivity contribution in [1.29, 1.82) is 0 Å². The molecule has 2 aliphatic heterocycles. The van der Waals surface area contributed by atoms with Gasteiger partial charge in [0, 0.05) is 38.2 Å². The van der Waals surface area contributed by atoms with Gasteiger partial charge in [-0.05, 0) is 57.3 Å². The van der Waals surface area contributed by atoms with Crippen LogP contribution < -0.4 is 0 Å². The number of piperidine rings is 1. The molecule has 0 bridgehead atoms. The van der Waals surface area contributed by atoms with Crippen LogP contribution >= 0.6 is 0 Å². The average molecular weight is 371 g/mol. The van der Waals surface area contributed by atoms with Crippen molar-refractivity contribution in [3.63, 3.8) is 0 Å². The normalized spacial score (nSPS) is 28.5. The molecule has 0 radical (unpaired) electrons. The fourth-order valence-electron chi connectivity index (χ4n) is 5.44. The molecule has 3 fully saturated rings. The third-order valence-electron chi connectivity index (χ3n) is 7.32. The maximum Gasteiger partial charge on any atom is 0.276 e. The summed E-state index contributed by atoms with van der Waals surface area (Å²) in [6.45, 7) is 3.02. The van der Waals surface area contributed by atoms with Crippen LogP contribution in [0.3, 0.4) is 0 Å². The van der Waals surface area contributed by atoms with Crippen LogP contribution in [0, 0.1) is 11.3 Å². The standard InChI is InChI=1S/C21H29N3O3/c25-19(18-16-7-1-2-8-17(16)27-22-18)24-12-10-21(14-24)9-4-11-23(20(21)26)13-15-5-3-6-15/h15H,1-14H2/t21-/m0/s1. The van der Waals surface area contributed by atoms with Crippen molar-refractivity contribution < 1.29 is 14.1 Å². The minimum atomic E-state index is -0.360. The van der Waals surface area contributed by atoms with Crippen LogP contribution in [0.1, 0.15) is 73.2 Å². The molecule has 4 aliphatic rings. The van der Waals surface area contributed by atoms with Gasteiger partial charge in [0.15, 0.2) is 5.69 Å². The third kappa shape index (κ3) is 2.88. The van der Waals surface area contributed by atoms with Crippen molar-refractivity contribution in [2.24, 2.45) is 11.3 Å². The Morgan fingerprint density at radius 1 is 1.11 bits per heavy atom. The number of hydrogen-bond donors (Lipinski definition) is 0. The molecule has 2 saturated heterocycles. The van der Waals surface area contributed by atoms with E-state index in [0.717, 1.165) is 69.4 Å². The van der Waals surface area contributed by atoms with Crippen molar-refractivity contribution in [2.45, 2.75) is 64.2 Å². The summed E-state index contributed by atoms with van der Waals surface area (Å²) in [5.74, 6) is 1.84. The van der Waals surface area contributed by atoms with Gasteiger partial charge in [0.2, 0.25) is 5.91 Å². The van der Waals surface area contributed by atoms with Gasteiger partial charge in [0.05, 0.1) is 5.41 Å². The Labute approximate surface area is 160 Å². The lowest BCUT2D eigenvalue weighted by molar-refractivity contribution is -0.146. The predicted molar refractivity (Wildman–Crippen MR) is 99.3 cm³/mol. The van der Waals surface area contributed by atoms with Gasteiger partial charge in [0.25, 0.3) is 5.91 Å². The molecule has 27 heavy (non-hydrogen) atoms. The van der Waals surface area contributed by atoms with E-state index >= 15 is 0 Å². The molecule has 1 aromatic heterocycles. The zero-order chi connectivity index (χ0) is 18.4. The van der Waals surface area contributed by atoms with Crippen molar-refractivity contribution in [1.82, 2.24) is 15.0 Å². The number of aromatic nitrogens is 1. The van der Waals surface area contributed by atoms with E-state index in [9.17, 15) is 9.59 Å². The fraction of sp³-hybridized carbons (Fsp3) is 0.762. The van der Waals surface area contributed by atoms with Crippen LogP contribution in [0.15, 0.2) is 4.52 Å². The van der Waals surface area contributed by atoms with Crippen molar-refractivity contribution in [3.8, 4) is 0 Å². The quantitative estimate of drug-likeness (QED) is 0.819. The third-order valence-corrected chi connectivity index (χ3v) is 7.32. The van der Waals surface area contributed by atoms with E-state index in [4.69, 9.17) is 4.52 Å². The van der Waals surface area contributed by atoms with Crippen LogP contribution in [0.2, 0.25) is 0 Å². The SMILES string of the molecule is O=C(c1noc2c1CCCC2)N1CC[C@@]2(CCCN(CC3CCC3)C2=O)C1. The van der Waals surface area contributed by atoms with Gasteiger partial charge >= 0.3 is 0 Å². The molecular formula is C21H29N3O3. The van der Waals surface area contributed by atoms with E-state index in [1.807, 2.05) is 4.90 Å². The molecule has 6 nitrogen and oxygen atoms in total. The Kier molecular flexibility index (Phi) is 4.25. The van der Waals surface area contributed by atoms with Gasteiger partial charge in [-0.3, -0.25) is 9.59 Å². The van der Waals surface area contributed by atoms with Crippen molar-refractivity contribution in [3.05, 3.63) is 17.0 Å². The Morgan fingerprint density at radius 3 is 2.78 bits per heavy atom. The predicted octanol–water partition coefficient (Wildman–Crippen LogP) is 2.81. The Bertz CT molecular complexity index is 754. The second-order valence-corrected chi connectivity index (χ2v) is 9.05. The summed E-state index contributed by atoms with van der Waals surface area (Å²) in [4.78, 5) is 30.3. The molecule has 1 aromatic rings. The molecule has 0 unspecified atom stereocenters. The molecule has 0 N–H and O–H groups in total. The Morgan fingerprint density at radius 2 is 1.96 bits per heavy atom. The number of rotatable bonds is 3. The van der Waals surface area contributed by atoms with E-state index in [0.29, 0.717) is 24.7 Å². The van der Waals surface area contributed by atoms with Gasteiger partial charge in [-0.15, -0.1) is 0 Å². The summed E-state index contributed by atoms with van der Waals surface area (Å²) >= 11 is 0. The van der Waals surface area contributed by atoms with Gasteiger partial charge in [-0.1, -0.05) is 11.6 Å². The van der Waals surface area contributed by atoms with Crippen LogP contribution in [0.25, 0.3) is 0 Å². The lowest BCUT2D eigenvalue weighted by atomic mass is 9.77. The van der Waals surface area contributed by atoms with Crippen molar-refractivity contribution in [2.75, 3.05) is 26.2 Å². The number of carbonyl (C=O) groups excluding carboxylic acids is 2. The van der Waals surface area contributed by atoms with E-state index < -0.39 is 0 Å². The van der Waals surface area contributed by atoms with Crippen molar-refractivity contribution >= 4 is 11.8 Å². The topological polar surface area (TPSA) is 66.7 Å².